The highest BCUT2D eigenvalue weighted by molar-refractivity contribution is 6.00. The van der Waals surface area contributed by atoms with Crippen LogP contribution in [-0.2, 0) is 0 Å². The van der Waals surface area contributed by atoms with E-state index in [1.54, 1.807) is 6.33 Å². The molecule has 2 aliphatic rings. The number of rotatable bonds is 3. The van der Waals surface area contributed by atoms with Crippen molar-refractivity contribution in [2.75, 3.05) is 49.1 Å². The van der Waals surface area contributed by atoms with E-state index in [1.807, 2.05) is 23.1 Å². The molecule has 0 unspecified atom stereocenters. The molecular formula is C24H27N5O. The van der Waals surface area contributed by atoms with E-state index < -0.39 is 0 Å². The zero-order valence-electron chi connectivity index (χ0n) is 17.4. The van der Waals surface area contributed by atoms with Crippen LogP contribution in [0.3, 0.4) is 0 Å². The van der Waals surface area contributed by atoms with E-state index in [9.17, 15) is 4.79 Å². The van der Waals surface area contributed by atoms with Gasteiger partial charge in [0.1, 0.15) is 12.1 Å². The molecule has 3 aromatic rings. The maximum atomic E-state index is 13.2. The SMILES string of the molecule is Cc1ccccc1N1CCN(C(=O)c2ccc3ncnc(N4CCCC4)c3c2)CC1. The molecule has 2 fully saturated rings. The lowest BCUT2D eigenvalue weighted by atomic mass is 10.1. The van der Waals surface area contributed by atoms with Gasteiger partial charge in [-0.15, -0.1) is 0 Å². The molecule has 1 amide bonds. The van der Waals surface area contributed by atoms with Crippen LogP contribution in [0.2, 0.25) is 0 Å². The number of amides is 1. The molecule has 0 radical (unpaired) electrons. The molecule has 0 spiro atoms. The van der Waals surface area contributed by atoms with Gasteiger partial charge in [-0.1, -0.05) is 18.2 Å². The topological polar surface area (TPSA) is 52.6 Å². The number of benzene rings is 2. The predicted octanol–water partition coefficient (Wildman–Crippen LogP) is 3.50. The minimum atomic E-state index is 0.0950. The Bertz CT molecular complexity index is 1070. The van der Waals surface area contributed by atoms with E-state index >= 15 is 0 Å². The van der Waals surface area contributed by atoms with Gasteiger partial charge in [0.15, 0.2) is 0 Å². The van der Waals surface area contributed by atoms with Crippen LogP contribution in [0, 0.1) is 6.92 Å². The molecule has 2 saturated heterocycles. The number of hydrogen-bond acceptors (Lipinski definition) is 5. The molecule has 6 nitrogen and oxygen atoms in total. The van der Waals surface area contributed by atoms with Crippen molar-refractivity contribution in [3.63, 3.8) is 0 Å². The van der Waals surface area contributed by atoms with E-state index in [2.05, 4.69) is 51.0 Å². The third-order valence-electron chi connectivity index (χ3n) is 6.29. The van der Waals surface area contributed by atoms with E-state index in [-0.39, 0.29) is 5.91 Å². The summed E-state index contributed by atoms with van der Waals surface area (Å²) in [6, 6.07) is 14.3. The van der Waals surface area contributed by atoms with Crippen LogP contribution in [0.4, 0.5) is 11.5 Å². The van der Waals surface area contributed by atoms with Crippen molar-refractivity contribution >= 4 is 28.3 Å². The molecule has 3 heterocycles. The summed E-state index contributed by atoms with van der Waals surface area (Å²) in [6.45, 7) is 7.35. The standard InChI is InChI=1S/C24H27N5O/c1-18-6-2-3-7-22(18)27-12-14-29(15-13-27)24(30)19-8-9-21-20(16-19)23(26-17-25-21)28-10-4-5-11-28/h2-3,6-9,16-17H,4-5,10-15H2,1H3. The number of fused-ring (bicyclic) bond motifs is 1. The van der Waals surface area contributed by atoms with E-state index in [1.165, 1.54) is 24.1 Å². The summed E-state index contributed by atoms with van der Waals surface area (Å²) >= 11 is 0. The van der Waals surface area contributed by atoms with Crippen molar-refractivity contribution in [1.29, 1.82) is 0 Å². The molecule has 0 bridgehead atoms. The molecule has 2 aromatic carbocycles. The maximum Gasteiger partial charge on any atom is 0.254 e. The zero-order chi connectivity index (χ0) is 20.5. The first-order valence-electron chi connectivity index (χ1n) is 10.8. The van der Waals surface area contributed by atoms with E-state index in [4.69, 9.17) is 0 Å². The van der Waals surface area contributed by atoms with Crippen LogP contribution in [0.5, 0.6) is 0 Å². The summed E-state index contributed by atoms with van der Waals surface area (Å²) in [5.74, 6) is 1.05. The predicted molar refractivity (Wildman–Crippen MR) is 120 cm³/mol. The Morgan fingerprint density at radius 2 is 1.63 bits per heavy atom. The van der Waals surface area contributed by atoms with Crippen molar-refractivity contribution in [2.24, 2.45) is 0 Å². The Kier molecular flexibility index (Phi) is 4.99. The molecular weight excluding hydrogens is 374 g/mol. The highest BCUT2D eigenvalue weighted by Crippen LogP contribution is 2.27. The lowest BCUT2D eigenvalue weighted by Gasteiger charge is -2.36. The van der Waals surface area contributed by atoms with Crippen LogP contribution < -0.4 is 9.80 Å². The monoisotopic (exact) mass is 401 g/mol. The number of nitrogens with zero attached hydrogens (tertiary/aromatic N) is 5. The third-order valence-corrected chi connectivity index (χ3v) is 6.29. The Morgan fingerprint density at radius 1 is 0.867 bits per heavy atom. The van der Waals surface area contributed by atoms with Crippen molar-refractivity contribution < 1.29 is 4.79 Å². The molecule has 30 heavy (non-hydrogen) atoms. The molecule has 0 saturated carbocycles. The second-order valence-corrected chi connectivity index (χ2v) is 8.19. The Morgan fingerprint density at radius 3 is 2.40 bits per heavy atom. The fourth-order valence-electron chi connectivity index (χ4n) is 4.61. The van der Waals surface area contributed by atoms with Crippen molar-refractivity contribution in [2.45, 2.75) is 19.8 Å². The summed E-state index contributed by atoms with van der Waals surface area (Å²) in [7, 11) is 0. The Balaban J connectivity index is 1.35. The van der Waals surface area contributed by atoms with Crippen LogP contribution in [0.15, 0.2) is 48.8 Å². The summed E-state index contributed by atoms with van der Waals surface area (Å²) in [5.41, 5.74) is 4.17. The summed E-state index contributed by atoms with van der Waals surface area (Å²) in [6.07, 6.45) is 4.01. The summed E-state index contributed by atoms with van der Waals surface area (Å²) < 4.78 is 0. The smallest absolute Gasteiger partial charge is 0.254 e. The molecule has 0 atom stereocenters. The molecule has 6 heteroatoms. The van der Waals surface area contributed by atoms with Crippen molar-refractivity contribution in [1.82, 2.24) is 14.9 Å². The Hall–Kier alpha value is -3.15. The highest BCUT2D eigenvalue weighted by atomic mass is 16.2. The van der Waals surface area contributed by atoms with Crippen molar-refractivity contribution in [3.05, 3.63) is 59.9 Å². The second kappa shape index (κ2) is 7.94. The molecule has 0 N–H and O–H groups in total. The first-order valence-corrected chi connectivity index (χ1v) is 10.8. The van der Waals surface area contributed by atoms with Crippen molar-refractivity contribution in [3.8, 4) is 0 Å². The molecule has 154 valence electrons. The Labute approximate surface area is 177 Å². The number of para-hydroxylation sites is 1. The van der Waals surface area contributed by atoms with Crippen LogP contribution >= 0.6 is 0 Å². The van der Waals surface area contributed by atoms with Crippen LogP contribution in [-0.4, -0.2) is 60.0 Å². The summed E-state index contributed by atoms with van der Waals surface area (Å²) in [5, 5.41) is 0.976. The lowest BCUT2D eigenvalue weighted by Crippen LogP contribution is -2.49. The van der Waals surface area contributed by atoms with Gasteiger partial charge in [-0.2, -0.15) is 0 Å². The van der Waals surface area contributed by atoms with Gasteiger partial charge in [0.05, 0.1) is 5.52 Å². The number of piperazine rings is 1. The fraction of sp³-hybridized carbons (Fsp3) is 0.375. The quantitative estimate of drug-likeness (QED) is 0.672. The average Bonchev–Trinajstić information content (AvgIpc) is 3.33. The van der Waals surface area contributed by atoms with Crippen LogP contribution in [0.1, 0.15) is 28.8 Å². The number of carbonyl (C=O) groups is 1. The van der Waals surface area contributed by atoms with Gasteiger partial charge < -0.3 is 14.7 Å². The fourth-order valence-corrected chi connectivity index (χ4v) is 4.61. The van der Waals surface area contributed by atoms with Gasteiger partial charge in [0, 0.05) is 55.9 Å². The van der Waals surface area contributed by atoms with Gasteiger partial charge in [-0.3, -0.25) is 4.79 Å². The van der Waals surface area contributed by atoms with E-state index in [0.717, 1.165) is 61.6 Å². The lowest BCUT2D eigenvalue weighted by molar-refractivity contribution is 0.0747. The number of anilines is 2. The molecule has 1 aromatic heterocycles. The van der Waals surface area contributed by atoms with E-state index in [0.29, 0.717) is 0 Å². The highest BCUT2D eigenvalue weighted by Gasteiger charge is 2.24. The third kappa shape index (κ3) is 3.47. The number of aryl methyl sites for hydroxylation is 1. The zero-order valence-corrected chi connectivity index (χ0v) is 17.4. The van der Waals surface area contributed by atoms with Gasteiger partial charge in [-0.05, 0) is 49.6 Å². The second-order valence-electron chi connectivity index (χ2n) is 8.19. The van der Waals surface area contributed by atoms with Gasteiger partial charge in [0.2, 0.25) is 0 Å². The number of aromatic nitrogens is 2. The molecule has 0 aliphatic carbocycles. The van der Waals surface area contributed by atoms with Gasteiger partial charge in [-0.25, -0.2) is 9.97 Å². The average molecular weight is 402 g/mol. The maximum absolute atomic E-state index is 13.2. The molecule has 2 aliphatic heterocycles. The van der Waals surface area contributed by atoms with Gasteiger partial charge >= 0.3 is 0 Å². The molecule has 5 rings (SSSR count). The minimum absolute atomic E-state index is 0.0950. The minimum Gasteiger partial charge on any atom is -0.368 e. The van der Waals surface area contributed by atoms with Gasteiger partial charge in [0.25, 0.3) is 5.91 Å². The normalized spacial score (nSPS) is 17.0. The number of hydrogen-bond donors (Lipinski definition) is 0. The van der Waals surface area contributed by atoms with Crippen LogP contribution in [0.25, 0.3) is 10.9 Å². The summed E-state index contributed by atoms with van der Waals surface area (Å²) in [4.78, 5) is 28.8. The largest absolute Gasteiger partial charge is 0.368 e. The number of carbonyl (C=O) groups excluding carboxylic acids is 1. The first kappa shape index (κ1) is 18.9. The first-order chi connectivity index (χ1) is 14.7.